The van der Waals surface area contributed by atoms with E-state index in [1.807, 2.05) is 0 Å². The predicted octanol–water partition coefficient (Wildman–Crippen LogP) is -5.70. The number of rotatable bonds is 3. The van der Waals surface area contributed by atoms with Crippen molar-refractivity contribution < 1.29 is 42.2 Å². The average Bonchev–Trinajstić information content (AvgIpc) is 2.67. The van der Waals surface area contributed by atoms with E-state index in [1.165, 1.54) is 12.1 Å². The number of hydrogen-bond donors (Lipinski definition) is 2. The highest BCUT2D eigenvalue weighted by atomic mass is 32.1. The lowest BCUT2D eigenvalue weighted by Crippen LogP contribution is -2.64. The molecular formula is C8H16N2O6S. The fraction of sp³-hybridized carbons (Fsp3) is 0.250. The minimum absolute atomic E-state index is 0. The second-order valence-electron chi connectivity index (χ2n) is 2.45. The van der Waals surface area contributed by atoms with Crippen LogP contribution in [-0.2, 0) is 0 Å². The van der Waals surface area contributed by atoms with Gasteiger partial charge in [-0.05, 0) is 12.1 Å². The number of carboxylic acids is 2. The molecule has 0 bridgehead atoms. The zero-order valence-corrected chi connectivity index (χ0v) is 9.84. The summed E-state index contributed by atoms with van der Waals surface area (Å²) < 4.78 is 0. The van der Waals surface area contributed by atoms with E-state index < -0.39 is 11.9 Å². The highest BCUT2D eigenvalue weighted by Gasteiger charge is 1.99. The number of carbonyl (C=O) groups excluding carboxylic acids is 2. The summed E-state index contributed by atoms with van der Waals surface area (Å²) in [5.41, 5.74) is 7.08. The monoisotopic (exact) mass is 268 g/mol. The van der Waals surface area contributed by atoms with Gasteiger partial charge in [0.25, 0.3) is 0 Å². The predicted molar refractivity (Wildman–Crippen MR) is 55.7 cm³/mol. The van der Waals surface area contributed by atoms with Crippen LogP contribution >= 0.6 is 11.3 Å². The molecule has 100 valence electrons. The van der Waals surface area contributed by atoms with Crippen LogP contribution in [0, 0.1) is 0 Å². The number of quaternary nitrogens is 2. The van der Waals surface area contributed by atoms with Gasteiger partial charge in [0.05, 0.1) is 21.7 Å². The zero-order chi connectivity index (χ0) is 11.8. The smallest absolute Gasteiger partial charge is 0.124 e. The Hall–Kier alpha value is -1.52. The number of carboxylic acid groups (broad SMARTS) is 2. The van der Waals surface area contributed by atoms with E-state index in [0.29, 0.717) is 11.3 Å². The van der Waals surface area contributed by atoms with Gasteiger partial charge >= 0.3 is 0 Å². The molecule has 0 unspecified atom stereocenters. The molecule has 1 rings (SSSR count). The van der Waals surface area contributed by atoms with Gasteiger partial charge in [-0.3, -0.25) is 0 Å². The first-order valence-corrected chi connectivity index (χ1v) is 4.95. The van der Waals surface area contributed by atoms with E-state index in [-0.39, 0.29) is 20.7 Å². The number of carbonyl (C=O) groups is 2. The Kier molecular flexibility index (Phi) is 13.5. The topological polar surface area (TPSA) is 199 Å². The molecule has 0 amide bonds. The molecule has 0 atom stereocenters. The van der Waals surface area contributed by atoms with Gasteiger partial charge in [0.1, 0.15) is 13.1 Å². The molecule has 0 aliphatic heterocycles. The summed E-state index contributed by atoms with van der Waals surface area (Å²) in [6.45, 7) is 1.92. The Labute approximate surface area is 101 Å². The Morgan fingerprint density at radius 2 is 1.29 bits per heavy atom. The van der Waals surface area contributed by atoms with Gasteiger partial charge < -0.3 is 42.2 Å². The van der Waals surface area contributed by atoms with Crippen molar-refractivity contribution in [3.8, 4) is 0 Å². The van der Waals surface area contributed by atoms with E-state index in [0.717, 1.165) is 13.1 Å². The van der Waals surface area contributed by atoms with Crippen LogP contribution in [0.2, 0.25) is 0 Å². The normalized spacial score (nSPS) is 7.88. The van der Waals surface area contributed by atoms with Gasteiger partial charge in [-0.2, -0.15) is 0 Å². The SMILES string of the molecule is O.O.O=C([O-])c1ccc(C(=O)[O-])s1.[NH3+]CC[NH3+]. The quantitative estimate of drug-likeness (QED) is 0.550. The molecule has 0 saturated heterocycles. The molecule has 0 radical (unpaired) electrons. The number of hydrogen-bond acceptors (Lipinski definition) is 5. The fourth-order valence-electron chi connectivity index (χ4n) is 0.557. The lowest BCUT2D eigenvalue weighted by Gasteiger charge is -1.95. The first kappa shape index (κ1) is 20.8. The number of aromatic carboxylic acids is 2. The zero-order valence-electron chi connectivity index (χ0n) is 9.02. The maximum absolute atomic E-state index is 10.1. The van der Waals surface area contributed by atoms with Gasteiger partial charge in [-0.15, -0.1) is 11.3 Å². The summed E-state index contributed by atoms with van der Waals surface area (Å²) in [6, 6.07) is 2.34. The summed E-state index contributed by atoms with van der Waals surface area (Å²) in [4.78, 5) is 20.0. The fourth-order valence-corrected chi connectivity index (χ4v) is 1.23. The van der Waals surface area contributed by atoms with Crippen molar-refractivity contribution in [1.82, 2.24) is 0 Å². The van der Waals surface area contributed by atoms with E-state index in [2.05, 4.69) is 11.5 Å². The van der Waals surface area contributed by atoms with Crippen LogP contribution in [-0.4, -0.2) is 36.0 Å². The lowest BCUT2D eigenvalue weighted by atomic mass is 10.4. The van der Waals surface area contributed by atoms with Crippen molar-refractivity contribution in [1.29, 1.82) is 0 Å². The Morgan fingerprint density at radius 3 is 1.41 bits per heavy atom. The summed E-state index contributed by atoms with van der Waals surface area (Å²) in [6.07, 6.45) is 0. The van der Waals surface area contributed by atoms with Crippen LogP contribution in [0.25, 0.3) is 0 Å². The lowest BCUT2D eigenvalue weighted by molar-refractivity contribution is -0.453. The molecule has 1 aromatic heterocycles. The maximum Gasteiger partial charge on any atom is 0.124 e. The van der Waals surface area contributed by atoms with Crippen molar-refractivity contribution in [2.24, 2.45) is 0 Å². The van der Waals surface area contributed by atoms with E-state index in [4.69, 9.17) is 0 Å². The molecule has 0 aliphatic rings. The van der Waals surface area contributed by atoms with Gasteiger partial charge in [-0.25, -0.2) is 0 Å². The van der Waals surface area contributed by atoms with Crippen molar-refractivity contribution in [2.75, 3.05) is 13.1 Å². The molecule has 1 aromatic rings. The first-order chi connectivity index (χ1) is 7.02. The van der Waals surface area contributed by atoms with Crippen LogP contribution in [0.1, 0.15) is 19.3 Å². The second kappa shape index (κ2) is 11.0. The van der Waals surface area contributed by atoms with Crippen LogP contribution in [0.4, 0.5) is 0 Å². The maximum atomic E-state index is 10.1. The minimum Gasteiger partial charge on any atom is -0.544 e. The van der Waals surface area contributed by atoms with Crippen LogP contribution in [0.5, 0.6) is 0 Å². The van der Waals surface area contributed by atoms with Crippen LogP contribution < -0.4 is 21.7 Å². The van der Waals surface area contributed by atoms with Crippen molar-refractivity contribution >= 4 is 23.3 Å². The van der Waals surface area contributed by atoms with Gasteiger partial charge in [0, 0.05) is 0 Å². The molecule has 0 aliphatic carbocycles. The second-order valence-corrected chi connectivity index (χ2v) is 3.53. The van der Waals surface area contributed by atoms with Crippen molar-refractivity contribution in [3.63, 3.8) is 0 Å². The summed E-state index contributed by atoms with van der Waals surface area (Å²) in [5, 5.41) is 20.2. The van der Waals surface area contributed by atoms with Gasteiger partial charge in [0.2, 0.25) is 0 Å². The standard InChI is InChI=1S/C6H4O4S.C2H8N2.2H2O/c7-5(8)3-1-2-4(11-3)6(9)10;3-1-2-4;;/h1-2H,(H,7,8)(H,9,10);1-4H2;2*1H2. The highest BCUT2D eigenvalue weighted by Crippen LogP contribution is 2.14. The Balaban J connectivity index is -0.000000289. The van der Waals surface area contributed by atoms with E-state index >= 15 is 0 Å². The molecule has 0 aromatic carbocycles. The molecule has 9 heteroatoms. The molecule has 10 N–H and O–H groups in total. The third-order valence-electron chi connectivity index (χ3n) is 1.26. The van der Waals surface area contributed by atoms with Crippen LogP contribution in [0.15, 0.2) is 12.1 Å². The number of thiophene rings is 1. The minimum atomic E-state index is -1.37. The molecule has 17 heavy (non-hydrogen) atoms. The third kappa shape index (κ3) is 8.30. The molecule has 0 fully saturated rings. The molecule has 1 heterocycles. The Morgan fingerprint density at radius 1 is 1.00 bits per heavy atom. The summed E-state index contributed by atoms with van der Waals surface area (Å²) >= 11 is 0.625. The molecular weight excluding hydrogens is 252 g/mol. The summed E-state index contributed by atoms with van der Waals surface area (Å²) in [7, 11) is 0. The average molecular weight is 268 g/mol. The molecule has 8 nitrogen and oxygen atoms in total. The first-order valence-electron chi connectivity index (χ1n) is 4.14. The summed E-state index contributed by atoms with van der Waals surface area (Å²) in [5.74, 6) is -2.75. The van der Waals surface area contributed by atoms with Gasteiger partial charge in [-0.1, -0.05) is 0 Å². The van der Waals surface area contributed by atoms with Gasteiger partial charge in [0.15, 0.2) is 0 Å². The van der Waals surface area contributed by atoms with Crippen molar-refractivity contribution in [3.05, 3.63) is 21.9 Å². The molecule has 0 saturated carbocycles. The Bertz CT molecular complexity index is 310. The largest absolute Gasteiger partial charge is 0.544 e. The molecule has 0 spiro atoms. The van der Waals surface area contributed by atoms with E-state index in [9.17, 15) is 19.8 Å². The van der Waals surface area contributed by atoms with Crippen molar-refractivity contribution in [2.45, 2.75) is 0 Å². The van der Waals surface area contributed by atoms with E-state index in [1.54, 1.807) is 0 Å². The van der Waals surface area contributed by atoms with Crippen LogP contribution in [0.3, 0.4) is 0 Å². The highest BCUT2D eigenvalue weighted by molar-refractivity contribution is 7.15. The third-order valence-corrected chi connectivity index (χ3v) is 2.30.